The van der Waals surface area contributed by atoms with E-state index in [1.165, 1.54) is 12.5 Å². The van der Waals surface area contributed by atoms with Crippen molar-refractivity contribution in [2.45, 2.75) is 58.8 Å². The van der Waals surface area contributed by atoms with Gasteiger partial charge in [-0.15, -0.1) is 0 Å². The molecule has 2 aliphatic carbocycles. The quantitative estimate of drug-likeness (QED) is 0.597. The lowest BCUT2D eigenvalue weighted by Gasteiger charge is -2.55. The van der Waals surface area contributed by atoms with Gasteiger partial charge in [0.05, 0.1) is 6.61 Å². The van der Waals surface area contributed by atoms with Crippen LogP contribution in [0, 0.1) is 23.2 Å². The van der Waals surface area contributed by atoms with Crippen LogP contribution in [0.2, 0.25) is 0 Å². The van der Waals surface area contributed by atoms with Gasteiger partial charge in [-0.25, -0.2) is 0 Å². The van der Waals surface area contributed by atoms with Gasteiger partial charge in [-0.05, 0) is 36.2 Å². The predicted octanol–water partition coefficient (Wildman–Crippen LogP) is 2.66. The Morgan fingerprint density at radius 2 is 2.19 bits per heavy atom. The van der Waals surface area contributed by atoms with Gasteiger partial charge >= 0.3 is 5.97 Å². The minimum atomic E-state index is -0.978. The predicted molar refractivity (Wildman–Crippen MR) is 78.3 cm³/mol. The van der Waals surface area contributed by atoms with Gasteiger partial charge in [-0.1, -0.05) is 26.3 Å². The van der Waals surface area contributed by atoms with Crippen molar-refractivity contribution in [2.75, 3.05) is 6.61 Å². The van der Waals surface area contributed by atoms with Crippen molar-refractivity contribution in [2.24, 2.45) is 23.2 Å². The van der Waals surface area contributed by atoms with Crippen LogP contribution in [0.4, 0.5) is 0 Å². The molecule has 3 rings (SSSR count). The Hall–Kier alpha value is -0.870. The van der Waals surface area contributed by atoms with E-state index in [9.17, 15) is 9.90 Å². The highest BCUT2D eigenvalue weighted by molar-refractivity contribution is 5.66. The topological polar surface area (TPSA) is 55.8 Å². The van der Waals surface area contributed by atoms with Crippen LogP contribution in [0.3, 0.4) is 0 Å². The first-order valence-corrected chi connectivity index (χ1v) is 8.02. The summed E-state index contributed by atoms with van der Waals surface area (Å²) in [7, 11) is 0. The van der Waals surface area contributed by atoms with Crippen molar-refractivity contribution in [3.63, 3.8) is 0 Å². The van der Waals surface area contributed by atoms with Crippen LogP contribution in [0.25, 0.3) is 0 Å². The summed E-state index contributed by atoms with van der Waals surface area (Å²) < 4.78 is 11.2. The highest BCUT2D eigenvalue weighted by Gasteiger charge is 2.61. The zero-order valence-electron chi connectivity index (χ0n) is 13.4. The molecule has 0 aromatic rings. The van der Waals surface area contributed by atoms with Crippen molar-refractivity contribution < 1.29 is 19.4 Å². The lowest BCUT2D eigenvalue weighted by atomic mass is 9.52. The second-order valence-electron chi connectivity index (χ2n) is 7.37. The van der Waals surface area contributed by atoms with E-state index in [0.29, 0.717) is 24.9 Å². The van der Waals surface area contributed by atoms with Crippen LogP contribution in [-0.2, 0) is 14.3 Å². The summed E-state index contributed by atoms with van der Waals surface area (Å²) in [6, 6.07) is 0. The Balaban J connectivity index is 1.97. The van der Waals surface area contributed by atoms with E-state index in [2.05, 4.69) is 26.8 Å². The molecule has 0 radical (unpaired) electrons. The molecule has 4 nitrogen and oxygen atoms in total. The average Bonchev–Trinajstić information content (AvgIpc) is 2.68. The molecule has 21 heavy (non-hydrogen) atoms. The molecule has 2 unspecified atom stereocenters. The summed E-state index contributed by atoms with van der Waals surface area (Å²) in [5.41, 5.74) is 1.26. The van der Waals surface area contributed by atoms with Crippen molar-refractivity contribution in [1.29, 1.82) is 0 Å². The third kappa shape index (κ3) is 2.15. The zero-order chi connectivity index (χ0) is 15.4. The van der Waals surface area contributed by atoms with E-state index in [1.807, 2.05) is 0 Å². The van der Waals surface area contributed by atoms with Gasteiger partial charge in [0.25, 0.3) is 0 Å². The summed E-state index contributed by atoms with van der Waals surface area (Å²) in [5, 5.41) is 10.9. The lowest BCUT2D eigenvalue weighted by molar-refractivity contribution is -0.232. The third-order valence-corrected chi connectivity index (χ3v) is 6.06. The van der Waals surface area contributed by atoms with Crippen molar-refractivity contribution >= 4 is 5.97 Å². The fourth-order valence-corrected chi connectivity index (χ4v) is 5.04. The second kappa shape index (κ2) is 4.82. The third-order valence-electron chi connectivity index (χ3n) is 6.06. The number of hydrogen-bond donors (Lipinski definition) is 1. The second-order valence-corrected chi connectivity index (χ2v) is 7.37. The molecule has 1 N–H and O–H groups in total. The summed E-state index contributed by atoms with van der Waals surface area (Å²) in [5.74, 6) is -0.385. The molecule has 1 aliphatic heterocycles. The van der Waals surface area contributed by atoms with Gasteiger partial charge in [-0.2, -0.15) is 0 Å². The van der Waals surface area contributed by atoms with Gasteiger partial charge in [0.15, 0.2) is 5.79 Å². The number of carbonyl (C=O) groups excluding carboxylic acids is 1. The van der Waals surface area contributed by atoms with Crippen molar-refractivity contribution in [3.8, 4) is 0 Å². The molecular formula is C17H26O4. The largest absolute Gasteiger partial charge is 0.458 e. The summed E-state index contributed by atoms with van der Waals surface area (Å²) >= 11 is 0. The van der Waals surface area contributed by atoms with Gasteiger partial charge in [-0.3, -0.25) is 4.79 Å². The maximum Gasteiger partial charge on any atom is 0.303 e. The van der Waals surface area contributed by atoms with E-state index in [-0.39, 0.29) is 23.4 Å². The van der Waals surface area contributed by atoms with Crippen molar-refractivity contribution in [1.82, 2.24) is 0 Å². The van der Waals surface area contributed by atoms with Gasteiger partial charge in [0.1, 0.15) is 6.10 Å². The number of carbonyl (C=O) groups is 1. The normalized spacial score (nSPS) is 49.1. The SMILES string of the molecule is CC(=O)O[C@@H]1C=C2CC[C@]3(O)OCC(C)C3[C@]2(C)[C@@H](C)C1. The minimum Gasteiger partial charge on any atom is -0.458 e. The molecule has 2 fully saturated rings. The molecule has 0 bridgehead atoms. The number of fused-ring (bicyclic) bond motifs is 3. The van der Waals surface area contributed by atoms with Crippen LogP contribution in [0.5, 0.6) is 0 Å². The molecular weight excluding hydrogens is 268 g/mol. The lowest BCUT2D eigenvalue weighted by Crippen LogP contribution is -2.55. The number of esters is 1. The first kappa shape index (κ1) is 15.0. The molecule has 0 amide bonds. The molecule has 3 aliphatic rings. The minimum absolute atomic E-state index is 0.0699. The maximum absolute atomic E-state index is 11.2. The van der Waals surface area contributed by atoms with Gasteiger partial charge < -0.3 is 14.6 Å². The Morgan fingerprint density at radius 3 is 2.86 bits per heavy atom. The maximum atomic E-state index is 11.2. The average molecular weight is 294 g/mol. The fraction of sp³-hybridized carbons (Fsp3) is 0.824. The molecule has 1 heterocycles. The van der Waals surface area contributed by atoms with Gasteiger partial charge in [0.2, 0.25) is 0 Å². The summed E-state index contributed by atoms with van der Waals surface area (Å²) in [4.78, 5) is 11.2. The number of hydrogen-bond acceptors (Lipinski definition) is 4. The Morgan fingerprint density at radius 1 is 1.48 bits per heavy atom. The van der Waals surface area contributed by atoms with E-state index in [4.69, 9.17) is 9.47 Å². The molecule has 1 saturated heterocycles. The molecule has 0 aromatic carbocycles. The first-order valence-electron chi connectivity index (χ1n) is 8.02. The van der Waals surface area contributed by atoms with E-state index in [0.717, 1.165) is 12.8 Å². The van der Waals surface area contributed by atoms with E-state index in [1.54, 1.807) is 0 Å². The number of rotatable bonds is 1. The monoisotopic (exact) mass is 294 g/mol. The molecule has 0 spiro atoms. The molecule has 4 heteroatoms. The summed E-state index contributed by atoms with van der Waals surface area (Å²) in [6.45, 7) is 8.73. The van der Waals surface area contributed by atoms with E-state index >= 15 is 0 Å². The highest BCUT2D eigenvalue weighted by atomic mass is 16.6. The van der Waals surface area contributed by atoms with E-state index < -0.39 is 5.79 Å². The zero-order valence-corrected chi connectivity index (χ0v) is 13.4. The first-order chi connectivity index (χ1) is 9.77. The van der Waals surface area contributed by atoms with Crippen LogP contribution >= 0.6 is 0 Å². The molecule has 118 valence electrons. The van der Waals surface area contributed by atoms with Gasteiger partial charge in [0, 0.05) is 19.3 Å². The number of aliphatic hydroxyl groups is 1. The molecule has 1 saturated carbocycles. The smallest absolute Gasteiger partial charge is 0.303 e. The van der Waals surface area contributed by atoms with Crippen LogP contribution in [0.1, 0.15) is 47.0 Å². The van der Waals surface area contributed by atoms with Crippen LogP contribution in [-0.4, -0.2) is 29.6 Å². The molecule has 0 aromatic heterocycles. The highest BCUT2D eigenvalue weighted by Crippen LogP contribution is 2.61. The van der Waals surface area contributed by atoms with Crippen molar-refractivity contribution in [3.05, 3.63) is 11.6 Å². The Bertz CT molecular complexity index is 485. The van der Waals surface area contributed by atoms with Crippen LogP contribution < -0.4 is 0 Å². The fourth-order valence-electron chi connectivity index (χ4n) is 5.04. The molecule has 6 atom stereocenters. The Labute approximate surface area is 126 Å². The van der Waals surface area contributed by atoms with Crippen LogP contribution in [0.15, 0.2) is 11.6 Å². The standard InChI is InChI=1S/C17H26O4/c1-10-9-20-17(19)6-5-13-8-14(21-12(3)18)7-11(2)16(13,4)15(10)17/h8,10-11,14-15,19H,5-7,9H2,1-4H3/t10?,11-,14-,15?,16+,17-/m0/s1. The summed E-state index contributed by atoms with van der Waals surface area (Å²) in [6.07, 6.45) is 4.29. The number of ether oxygens (including phenoxy) is 2. The Kier molecular flexibility index (Phi) is 3.45. The number of allylic oxidation sites excluding steroid dienone is 1.